The average Bonchev–Trinajstić information content (AvgIpc) is 3.00. The smallest absolute Gasteiger partial charge is 0.289 e. The molecule has 1 aromatic heterocycles. The predicted molar refractivity (Wildman–Crippen MR) is 82.2 cm³/mol. The normalized spacial score (nSPS) is 20.9. The van der Waals surface area contributed by atoms with Gasteiger partial charge in [0, 0.05) is 18.7 Å². The number of amides is 1. The fraction of sp³-hybridized carbons (Fsp3) is 0.312. The van der Waals surface area contributed by atoms with E-state index in [1.165, 1.54) is 35.4 Å². The van der Waals surface area contributed by atoms with Crippen LogP contribution < -0.4 is 0 Å². The Bertz CT molecular complexity index is 801. The van der Waals surface area contributed by atoms with Crippen LogP contribution in [0, 0.1) is 5.82 Å². The van der Waals surface area contributed by atoms with E-state index in [0.29, 0.717) is 0 Å². The highest BCUT2D eigenvalue weighted by molar-refractivity contribution is 7.91. The van der Waals surface area contributed by atoms with Crippen molar-refractivity contribution < 1.29 is 22.0 Å². The number of sulfone groups is 1. The van der Waals surface area contributed by atoms with Crippen molar-refractivity contribution in [3.05, 3.63) is 59.8 Å². The zero-order valence-corrected chi connectivity index (χ0v) is 13.1. The van der Waals surface area contributed by atoms with Gasteiger partial charge in [-0.3, -0.25) is 4.79 Å². The first-order valence-corrected chi connectivity index (χ1v) is 8.99. The van der Waals surface area contributed by atoms with Crippen molar-refractivity contribution in [2.75, 3.05) is 18.8 Å². The largest absolute Gasteiger partial charge is 0.459 e. The van der Waals surface area contributed by atoms with E-state index in [1.807, 2.05) is 0 Å². The summed E-state index contributed by atoms with van der Waals surface area (Å²) < 4.78 is 44.0. The van der Waals surface area contributed by atoms with E-state index in [2.05, 4.69) is 0 Å². The number of halogens is 1. The highest BCUT2D eigenvalue weighted by Gasteiger charge is 2.34. The van der Waals surface area contributed by atoms with Gasteiger partial charge in [0.2, 0.25) is 0 Å². The summed E-state index contributed by atoms with van der Waals surface area (Å²) in [6.07, 6.45) is 1.56. The van der Waals surface area contributed by atoms with E-state index in [9.17, 15) is 17.6 Å². The van der Waals surface area contributed by atoms with Gasteiger partial charge in [-0.05, 0) is 24.6 Å². The molecular formula is C16H16FNO4S. The summed E-state index contributed by atoms with van der Waals surface area (Å²) in [4.78, 5) is 13.7. The van der Waals surface area contributed by atoms with Gasteiger partial charge < -0.3 is 9.32 Å². The molecule has 1 aliphatic rings. The molecule has 1 saturated heterocycles. The number of hydrogen-bond acceptors (Lipinski definition) is 4. The maximum atomic E-state index is 14.0. The molecule has 3 rings (SSSR count). The number of hydrogen-bond donors (Lipinski definition) is 0. The van der Waals surface area contributed by atoms with Crippen molar-refractivity contribution in [3.63, 3.8) is 0 Å². The van der Waals surface area contributed by atoms with Crippen LogP contribution in [-0.4, -0.2) is 38.1 Å². The third-order valence-electron chi connectivity index (χ3n) is 4.01. The lowest BCUT2D eigenvalue weighted by molar-refractivity contribution is 0.0734. The van der Waals surface area contributed by atoms with E-state index in [1.54, 1.807) is 12.1 Å². The Labute approximate surface area is 133 Å². The molecule has 1 amide bonds. The zero-order valence-electron chi connectivity index (χ0n) is 12.3. The number of benzene rings is 1. The van der Waals surface area contributed by atoms with Crippen LogP contribution in [-0.2, 0) is 9.84 Å². The van der Waals surface area contributed by atoms with Crippen LogP contribution in [0.25, 0.3) is 0 Å². The number of rotatable bonds is 2. The van der Waals surface area contributed by atoms with Gasteiger partial charge in [-0.1, -0.05) is 18.2 Å². The van der Waals surface area contributed by atoms with Crippen LogP contribution in [0.5, 0.6) is 0 Å². The van der Waals surface area contributed by atoms with E-state index < -0.39 is 20.9 Å². The monoisotopic (exact) mass is 337 g/mol. The fourth-order valence-corrected chi connectivity index (χ4v) is 4.59. The summed E-state index contributed by atoms with van der Waals surface area (Å²) in [6, 6.07) is 9.02. The number of carbonyl (C=O) groups is 1. The van der Waals surface area contributed by atoms with Crippen LogP contribution in [0.2, 0.25) is 0 Å². The lowest BCUT2D eigenvalue weighted by Gasteiger charge is -2.18. The summed E-state index contributed by atoms with van der Waals surface area (Å²) in [7, 11) is -3.54. The second-order valence-electron chi connectivity index (χ2n) is 5.44. The minimum atomic E-state index is -3.54. The Kier molecular flexibility index (Phi) is 4.21. The van der Waals surface area contributed by atoms with Crippen molar-refractivity contribution in [2.45, 2.75) is 11.7 Å². The van der Waals surface area contributed by atoms with Gasteiger partial charge >= 0.3 is 0 Å². The maximum Gasteiger partial charge on any atom is 0.289 e. The van der Waals surface area contributed by atoms with E-state index in [-0.39, 0.29) is 42.5 Å². The molecule has 1 aromatic carbocycles. The fourth-order valence-electron chi connectivity index (χ4n) is 2.79. The van der Waals surface area contributed by atoms with Crippen molar-refractivity contribution in [1.82, 2.24) is 4.90 Å². The molecule has 1 atom stereocenters. The lowest BCUT2D eigenvalue weighted by atomic mass is 10.1. The van der Waals surface area contributed by atoms with Crippen LogP contribution in [0.15, 0.2) is 47.1 Å². The summed E-state index contributed by atoms with van der Waals surface area (Å²) in [5.74, 6) is -0.906. The molecule has 23 heavy (non-hydrogen) atoms. The van der Waals surface area contributed by atoms with Gasteiger partial charge in [0.05, 0.1) is 17.3 Å². The van der Waals surface area contributed by atoms with E-state index >= 15 is 0 Å². The second kappa shape index (κ2) is 6.16. The van der Waals surface area contributed by atoms with E-state index in [0.717, 1.165) is 0 Å². The number of furan rings is 1. The standard InChI is InChI=1S/C16H16FNO4S/c17-13-5-2-1-4-12(13)15-7-8-18(9-11-23(15,20)21)16(19)14-6-3-10-22-14/h1-6,10,15H,7-9,11H2/t15-/m0/s1. The van der Waals surface area contributed by atoms with Gasteiger partial charge in [-0.2, -0.15) is 0 Å². The molecule has 2 aromatic rings. The molecule has 0 N–H and O–H groups in total. The van der Waals surface area contributed by atoms with Crippen molar-refractivity contribution in [3.8, 4) is 0 Å². The first-order chi connectivity index (χ1) is 11.0. The Morgan fingerprint density at radius 3 is 2.65 bits per heavy atom. The topological polar surface area (TPSA) is 67.6 Å². The van der Waals surface area contributed by atoms with Crippen LogP contribution >= 0.6 is 0 Å². The Morgan fingerprint density at radius 2 is 1.96 bits per heavy atom. The summed E-state index contributed by atoms with van der Waals surface area (Å²) in [5, 5.41) is -0.932. The lowest BCUT2D eigenvalue weighted by Crippen LogP contribution is -2.33. The van der Waals surface area contributed by atoms with Gasteiger partial charge in [0.25, 0.3) is 5.91 Å². The van der Waals surface area contributed by atoms with Gasteiger partial charge in [0.15, 0.2) is 15.6 Å². The minimum absolute atomic E-state index is 0.0762. The molecule has 0 unspecified atom stereocenters. The van der Waals surface area contributed by atoms with Gasteiger partial charge in [-0.25, -0.2) is 12.8 Å². The number of carbonyl (C=O) groups excluding carboxylic acids is 1. The van der Waals surface area contributed by atoms with Crippen LogP contribution in [0.1, 0.15) is 27.8 Å². The summed E-state index contributed by atoms with van der Waals surface area (Å²) >= 11 is 0. The molecule has 0 spiro atoms. The van der Waals surface area contributed by atoms with Gasteiger partial charge in [0.1, 0.15) is 5.82 Å². The van der Waals surface area contributed by atoms with Crippen molar-refractivity contribution in [1.29, 1.82) is 0 Å². The average molecular weight is 337 g/mol. The molecule has 0 bridgehead atoms. The maximum absolute atomic E-state index is 14.0. The van der Waals surface area contributed by atoms with Crippen molar-refractivity contribution in [2.24, 2.45) is 0 Å². The molecule has 0 radical (unpaired) electrons. The first kappa shape index (κ1) is 15.7. The first-order valence-electron chi connectivity index (χ1n) is 7.28. The third kappa shape index (κ3) is 3.14. The molecule has 2 heterocycles. The molecule has 1 fully saturated rings. The van der Waals surface area contributed by atoms with Crippen LogP contribution in [0.3, 0.4) is 0 Å². The molecule has 0 saturated carbocycles. The summed E-state index contributed by atoms with van der Waals surface area (Å²) in [5.41, 5.74) is 0.166. The van der Waals surface area contributed by atoms with Crippen molar-refractivity contribution >= 4 is 15.7 Å². The molecule has 1 aliphatic heterocycles. The summed E-state index contributed by atoms with van der Waals surface area (Å²) in [6.45, 7) is 0.310. The quantitative estimate of drug-likeness (QED) is 0.844. The molecule has 122 valence electrons. The molecule has 5 nitrogen and oxygen atoms in total. The molecular weight excluding hydrogens is 321 g/mol. The Hall–Kier alpha value is -2.15. The van der Waals surface area contributed by atoms with Crippen LogP contribution in [0.4, 0.5) is 4.39 Å². The highest BCUT2D eigenvalue weighted by atomic mass is 32.2. The predicted octanol–water partition coefficient (Wildman–Crippen LogP) is 2.42. The Balaban J connectivity index is 1.86. The second-order valence-corrected chi connectivity index (χ2v) is 7.74. The zero-order chi connectivity index (χ0) is 16.4. The molecule has 0 aliphatic carbocycles. The highest BCUT2D eigenvalue weighted by Crippen LogP contribution is 2.31. The number of nitrogens with zero attached hydrogens (tertiary/aromatic N) is 1. The van der Waals surface area contributed by atoms with Gasteiger partial charge in [-0.15, -0.1) is 0 Å². The SMILES string of the molecule is O=C(c1ccco1)N1CC[C@@H](c2ccccc2F)S(=O)(=O)CC1. The Morgan fingerprint density at radius 1 is 1.17 bits per heavy atom. The third-order valence-corrected chi connectivity index (χ3v) is 6.12. The molecule has 7 heteroatoms. The minimum Gasteiger partial charge on any atom is -0.459 e. The van der Waals surface area contributed by atoms with E-state index in [4.69, 9.17) is 4.42 Å².